The zero-order valence-electron chi connectivity index (χ0n) is 13.9. The van der Waals surface area contributed by atoms with Crippen LogP contribution in [0.3, 0.4) is 0 Å². The molecule has 1 saturated carbocycles. The highest BCUT2D eigenvalue weighted by atomic mass is 19.4. The third kappa shape index (κ3) is 3.57. The number of nitrogens with zero attached hydrogens (tertiary/aromatic N) is 1. The van der Waals surface area contributed by atoms with Crippen molar-refractivity contribution < 1.29 is 27.5 Å². The van der Waals surface area contributed by atoms with Crippen LogP contribution >= 0.6 is 0 Å². The summed E-state index contributed by atoms with van der Waals surface area (Å²) < 4.78 is 42.2. The van der Waals surface area contributed by atoms with Gasteiger partial charge in [-0.05, 0) is 44.2 Å². The Morgan fingerprint density at radius 2 is 2.00 bits per heavy atom. The van der Waals surface area contributed by atoms with Gasteiger partial charge in [-0.3, -0.25) is 9.69 Å². The van der Waals surface area contributed by atoms with E-state index in [2.05, 4.69) is 5.32 Å². The molecule has 3 rings (SSSR count). The van der Waals surface area contributed by atoms with E-state index in [1.807, 2.05) is 0 Å². The first-order valence-electron chi connectivity index (χ1n) is 8.03. The van der Waals surface area contributed by atoms with E-state index in [4.69, 9.17) is 4.74 Å². The molecule has 1 aromatic rings. The second-order valence-corrected chi connectivity index (χ2v) is 6.81. The van der Waals surface area contributed by atoms with E-state index < -0.39 is 24.4 Å². The van der Waals surface area contributed by atoms with Gasteiger partial charge in [-0.2, -0.15) is 13.2 Å². The van der Waals surface area contributed by atoms with Crippen LogP contribution in [0.15, 0.2) is 18.2 Å². The Morgan fingerprint density at radius 3 is 2.60 bits per heavy atom. The summed E-state index contributed by atoms with van der Waals surface area (Å²) >= 11 is 0. The second-order valence-electron chi connectivity index (χ2n) is 6.81. The summed E-state index contributed by atoms with van der Waals surface area (Å²) in [5.41, 5.74) is 0.161. The summed E-state index contributed by atoms with van der Waals surface area (Å²) in [7, 11) is 0. The van der Waals surface area contributed by atoms with Crippen molar-refractivity contribution in [1.29, 1.82) is 0 Å². The molecule has 136 valence electrons. The van der Waals surface area contributed by atoms with Crippen LogP contribution in [0.2, 0.25) is 0 Å². The maximum absolute atomic E-state index is 12.6. The molecule has 3 amide bonds. The zero-order valence-corrected chi connectivity index (χ0v) is 13.9. The van der Waals surface area contributed by atoms with E-state index in [0.29, 0.717) is 5.56 Å². The predicted molar refractivity (Wildman–Crippen MR) is 82.9 cm³/mol. The molecule has 0 aromatic heterocycles. The number of halogens is 3. The van der Waals surface area contributed by atoms with Crippen LogP contribution < -0.4 is 10.1 Å². The Hall–Kier alpha value is -2.25. The van der Waals surface area contributed by atoms with Crippen molar-refractivity contribution in [2.75, 3.05) is 6.61 Å². The fraction of sp³-hybridized carbons (Fsp3) is 0.529. The van der Waals surface area contributed by atoms with Crippen LogP contribution in [0.5, 0.6) is 5.75 Å². The topological polar surface area (TPSA) is 58.6 Å². The molecule has 1 aliphatic carbocycles. The largest absolute Gasteiger partial charge is 0.484 e. The molecule has 0 bridgehead atoms. The first-order valence-corrected chi connectivity index (χ1v) is 8.03. The SMILES string of the molecule is Cc1ccc(CN2C(=O)NC(C)(C3CC3)C2=O)c(OCC(F)(F)F)c1. The van der Waals surface area contributed by atoms with Crippen LogP contribution in [0.1, 0.15) is 30.9 Å². The molecular weight excluding hydrogens is 337 g/mol. The normalized spacial score (nSPS) is 23.8. The summed E-state index contributed by atoms with van der Waals surface area (Å²) in [5, 5.41) is 2.72. The maximum atomic E-state index is 12.6. The highest BCUT2D eigenvalue weighted by Crippen LogP contribution is 2.43. The summed E-state index contributed by atoms with van der Waals surface area (Å²) in [4.78, 5) is 25.9. The number of hydrogen-bond acceptors (Lipinski definition) is 3. The van der Waals surface area contributed by atoms with Crippen molar-refractivity contribution in [3.05, 3.63) is 29.3 Å². The van der Waals surface area contributed by atoms with Crippen molar-refractivity contribution in [3.8, 4) is 5.75 Å². The average molecular weight is 356 g/mol. The lowest BCUT2D eigenvalue weighted by Crippen LogP contribution is -2.46. The molecule has 1 N–H and O–H groups in total. The second kappa shape index (κ2) is 5.93. The molecule has 1 aromatic carbocycles. The number of amides is 3. The van der Waals surface area contributed by atoms with Crippen molar-refractivity contribution in [2.24, 2.45) is 5.92 Å². The number of rotatable bonds is 5. The number of imide groups is 1. The van der Waals surface area contributed by atoms with E-state index in [1.54, 1.807) is 26.0 Å². The van der Waals surface area contributed by atoms with E-state index in [-0.39, 0.29) is 24.1 Å². The summed E-state index contributed by atoms with van der Waals surface area (Å²) in [6.45, 7) is 1.87. The number of urea groups is 1. The lowest BCUT2D eigenvalue weighted by molar-refractivity contribution is -0.153. The number of benzene rings is 1. The molecule has 2 aliphatic rings. The van der Waals surface area contributed by atoms with Crippen LogP contribution in [0.4, 0.5) is 18.0 Å². The first kappa shape index (κ1) is 17.6. The molecule has 25 heavy (non-hydrogen) atoms. The molecule has 1 unspecified atom stereocenters. The minimum Gasteiger partial charge on any atom is -0.484 e. The minimum atomic E-state index is -4.47. The number of aryl methyl sites for hydroxylation is 1. The Bertz CT molecular complexity index is 716. The molecule has 1 aliphatic heterocycles. The van der Waals surface area contributed by atoms with Gasteiger partial charge in [-0.25, -0.2) is 4.79 Å². The Labute approximate surface area is 143 Å². The van der Waals surface area contributed by atoms with Crippen molar-refractivity contribution in [1.82, 2.24) is 10.2 Å². The highest BCUT2D eigenvalue weighted by Gasteiger charge is 2.55. The smallest absolute Gasteiger partial charge is 0.422 e. The van der Waals surface area contributed by atoms with Gasteiger partial charge in [0.05, 0.1) is 6.54 Å². The standard InChI is InChI=1S/C17H19F3N2O3/c1-10-3-4-11(13(7-10)25-9-17(18,19)20)8-22-14(23)16(2,12-5-6-12)21-15(22)24/h3-4,7,12H,5-6,8-9H2,1-2H3,(H,21,24). The van der Waals surface area contributed by atoms with E-state index >= 15 is 0 Å². The maximum Gasteiger partial charge on any atom is 0.422 e. The summed E-state index contributed by atoms with van der Waals surface area (Å²) in [5.74, 6) is -0.201. The van der Waals surface area contributed by atoms with E-state index in [0.717, 1.165) is 23.3 Å². The van der Waals surface area contributed by atoms with Gasteiger partial charge >= 0.3 is 12.2 Å². The Balaban J connectivity index is 1.80. The van der Waals surface area contributed by atoms with Gasteiger partial charge in [0.1, 0.15) is 11.3 Å². The average Bonchev–Trinajstić information content (AvgIpc) is 3.32. The number of carbonyl (C=O) groups is 2. The van der Waals surface area contributed by atoms with Gasteiger partial charge in [-0.15, -0.1) is 0 Å². The van der Waals surface area contributed by atoms with Crippen LogP contribution in [-0.2, 0) is 11.3 Å². The molecule has 5 nitrogen and oxygen atoms in total. The van der Waals surface area contributed by atoms with Crippen molar-refractivity contribution in [3.63, 3.8) is 0 Å². The van der Waals surface area contributed by atoms with Gasteiger partial charge in [-0.1, -0.05) is 12.1 Å². The Kier molecular flexibility index (Phi) is 4.17. The van der Waals surface area contributed by atoms with Crippen LogP contribution in [0, 0.1) is 12.8 Å². The van der Waals surface area contributed by atoms with E-state index in [9.17, 15) is 22.8 Å². The molecular formula is C17H19F3N2O3. The lowest BCUT2D eigenvalue weighted by Gasteiger charge is -2.21. The van der Waals surface area contributed by atoms with Gasteiger partial charge in [0.25, 0.3) is 5.91 Å². The summed E-state index contributed by atoms with van der Waals surface area (Å²) in [6.07, 6.45) is -2.71. The number of carbonyl (C=O) groups excluding carboxylic acids is 2. The Morgan fingerprint density at radius 1 is 1.32 bits per heavy atom. The number of hydrogen-bond donors (Lipinski definition) is 1. The number of alkyl halides is 3. The summed E-state index contributed by atoms with van der Waals surface area (Å²) in [6, 6.07) is 4.23. The fourth-order valence-corrected chi connectivity index (χ4v) is 3.05. The zero-order chi connectivity index (χ0) is 18.4. The molecule has 1 atom stereocenters. The van der Waals surface area contributed by atoms with Gasteiger partial charge in [0.15, 0.2) is 6.61 Å². The van der Waals surface area contributed by atoms with Gasteiger partial charge in [0.2, 0.25) is 0 Å². The molecule has 0 radical (unpaired) electrons. The lowest BCUT2D eigenvalue weighted by atomic mass is 9.96. The molecule has 0 spiro atoms. The van der Waals surface area contributed by atoms with Gasteiger partial charge in [0, 0.05) is 5.56 Å². The molecule has 1 saturated heterocycles. The number of nitrogens with one attached hydrogen (secondary N) is 1. The minimum absolute atomic E-state index is 0.0259. The monoisotopic (exact) mass is 356 g/mol. The third-order valence-corrected chi connectivity index (χ3v) is 4.64. The van der Waals surface area contributed by atoms with Crippen LogP contribution in [0.25, 0.3) is 0 Å². The highest BCUT2D eigenvalue weighted by molar-refractivity contribution is 6.07. The quantitative estimate of drug-likeness (QED) is 0.825. The van der Waals surface area contributed by atoms with Gasteiger partial charge < -0.3 is 10.1 Å². The van der Waals surface area contributed by atoms with Crippen molar-refractivity contribution >= 4 is 11.9 Å². The number of ether oxygens (including phenoxy) is 1. The molecule has 2 fully saturated rings. The van der Waals surface area contributed by atoms with Crippen LogP contribution in [-0.4, -0.2) is 35.2 Å². The third-order valence-electron chi connectivity index (χ3n) is 4.64. The van der Waals surface area contributed by atoms with Crippen molar-refractivity contribution in [2.45, 2.75) is 44.9 Å². The predicted octanol–water partition coefficient (Wildman–Crippen LogP) is 3.16. The molecule has 1 heterocycles. The van der Waals surface area contributed by atoms with E-state index in [1.165, 1.54) is 6.07 Å². The fourth-order valence-electron chi connectivity index (χ4n) is 3.05. The molecule has 8 heteroatoms. The first-order chi connectivity index (χ1) is 11.6.